The van der Waals surface area contributed by atoms with Crippen LogP contribution in [0.1, 0.15) is 77.6 Å². The maximum atomic E-state index is 12.6. The number of carbonyl (C=O) groups is 2. The van der Waals surface area contributed by atoms with Gasteiger partial charge in [0.1, 0.15) is 5.82 Å². The van der Waals surface area contributed by atoms with E-state index in [1.54, 1.807) is 11.8 Å². The Morgan fingerprint density at radius 2 is 1.77 bits per heavy atom. The van der Waals surface area contributed by atoms with Crippen molar-refractivity contribution in [3.8, 4) is 0 Å². The molecule has 0 aromatic carbocycles. The highest BCUT2D eigenvalue weighted by Crippen LogP contribution is 2.33. The number of hydrogen-bond acceptors (Lipinski definition) is 5. The molecule has 8 heteroatoms. The van der Waals surface area contributed by atoms with Crippen molar-refractivity contribution in [1.29, 1.82) is 0 Å². The Morgan fingerprint density at radius 1 is 1.10 bits per heavy atom. The summed E-state index contributed by atoms with van der Waals surface area (Å²) in [4.78, 5) is 26.9. The molecule has 0 spiro atoms. The van der Waals surface area contributed by atoms with Crippen molar-refractivity contribution in [3.05, 3.63) is 5.82 Å². The van der Waals surface area contributed by atoms with Gasteiger partial charge in [0.25, 0.3) is 0 Å². The van der Waals surface area contributed by atoms with Gasteiger partial charge in [-0.1, -0.05) is 45.4 Å². The molecule has 2 amide bonds. The molecule has 1 N–H and O–H groups in total. The highest BCUT2D eigenvalue weighted by molar-refractivity contribution is 7.98. The molecule has 2 heterocycles. The quantitative estimate of drug-likeness (QED) is 0.524. The molecule has 1 aliphatic carbocycles. The SMILES string of the molecule is CSc1nnc(CCCNC(=O)C2CCN(C(=O)C(C)(C)C)CC2)n1C1CCCC1. The summed E-state index contributed by atoms with van der Waals surface area (Å²) in [6, 6.07) is 0.535. The second-order valence-electron chi connectivity index (χ2n) is 9.62. The summed E-state index contributed by atoms with van der Waals surface area (Å²) in [5, 5.41) is 12.9. The zero-order chi connectivity index (χ0) is 21.7. The smallest absolute Gasteiger partial charge is 0.227 e. The third-order valence-corrected chi connectivity index (χ3v) is 6.92. The number of nitrogens with one attached hydrogen (secondary N) is 1. The molecule has 0 atom stereocenters. The molecule has 1 aromatic heterocycles. The Hall–Kier alpha value is -1.57. The summed E-state index contributed by atoms with van der Waals surface area (Å²) >= 11 is 1.66. The predicted octanol–water partition coefficient (Wildman–Crippen LogP) is 3.45. The molecule has 0 bridgehead atoms. The van der Waals surface area contributed by atoms with E-state index >= 15 is 0 Å². The van der Waals surface area contributed by atoms with Gasteiger partial charge in [-0.3, -0.25) is 9.59 Å². The van der Waals surface area contributed by atoms with Crippen LogP contribution >= 0.6 is 11.8 Å². The van der Waals surface area contributed by atoms with E-state index < -0.39 is 0 Å². The fourth-order valence-electron chi connectivity index (χ4n) is 4.57. The molecular weight excluding hydrogens is 398 g/mol. The third-order valence-electron chi connectivity index (χ3n) is 6.28. The van der Waals surface area contributed by atoms with Gasteiger partial charge in [-0.2, -0.15) is 0 Å². The second-order valence-corrected chi connectivity index (χ2v) is 10.4. The first-order valence-electron chi connectivity index (χ1n) is 11.4. The van der Waals surface area contributed by atoms with Gasteiger partial charge in [0, 0.05) is 43.4 Å². The van der Waals surface area contributed by atoms with Crippen molar-refractivity contribution in [2.24, 2.45) is 11.3 Å². The molecule has 1 aliphatic heterocycles. The monoisotopic (exact) mass is 435 g/mol. The first-order valence-corrected chi connectivity index (χ1v) is 12.6. The Labute approximate surface area is 184 Å². The first-order chi connectivity index (χ1) is 14.3. The number of aryl methyl sites for hydroxylation is 1. The Bertz CT molecular complexity index is 728. The van der Waals surface area contributed by atoms with E-state index in [2.05, 4.69) is 26.3 Å². The number of thioether (sulfide) groups is 1. The van der Waals surface area contributed by atoms with Gasteiger partial charge in [-0.15, -0.1) is 10.2 Å². The van der Waals surface area contributed by atoms with E-state index in [4.69, 9.17) is 0 Å². The number of nitrogens with zero attached hydrogens (tertiary/aromatic N) is 4. The van der Waals surface area contributed by atoms with Gasteiger partial charge in [0.15, 0.2) is 5.16 Å². The minimum absolute atomic E-state index is 0.0132. The highest BCUT2D eigenvalue weighted by atomic mass is 32.2. The molecule has 0 radical (unpaired) electrons. The van der Waals surface area contributed by atoms with Crippen LogP contribution in [0, 0.1) is 11.3 Å². The largest absolute Gasteiger partial charge is 0.356 e. The number of aromatic nitrogens is 3. The molecule has 1 aromatic rings. The second kappa shape index (κ2) is 10.2. The van der Waals surface area contributed by atoms with Gasteiger partial charge in [-0.05, 0) is 38.4 Å². The predicted molar refractivity (Wildman–Crippen MR) is 119 cm³/mol. The lowest BCUT2D eigenvalue weighted by molar-refractivity contribution is -0.142. The third kappa shape index (κ3) is 5.56. The van der Waals surface area contributed by atoms with Gasteiger partial charge in [0.05, 0.1) is 0 Å². The molecule has 1 saturated carbocycles. The van der Waals surface area contributed by atoms with Crippen molar-refractivity contribution in [3.63, 3.8) is 0 Å². The van der Waals surface area contributed by atoms with Crippen LogP contribution in [0.15, 0.2) is 5.16 Å². The zero-order valence-corrected chi connectivity index (χ0v) is 19.8. The van der Waals surface area contributed by atoms with E-state index in [0.29, 0.717) is 25.7 Å². The van der Waals surface area contributed by atoms with Crippen LogP contribution in [-0.4, -0.2) is 57.4 Å². The standard InChI is InChI=1S/C22H37N5O2S/c1-22(2,3)20(29)26-14-11-16(12-15-26)19(28)23-13-7-10-18-24-25-21(30-4)27(18)17-8-5-6-9-17/h16-17H,5-15H2,1-4H3,(H,23,28). The minimum atomic E-state index is -0.357. The zero-order valence-electron chi connectivity index (χ0n) is 18.9. The Kier molecular flexibility index (Phi) is 7.82. The van der Waals surface area contributed by atoms with Crippen LogP contribution in [0.4, 0.5) is 0 Å². The molecule has 7 nitrogen and oxygen atoms in total. The molecule has 2 fully saturated rings. The maximum Gasteiger partial charge on any atom is 0.227 e. The van der Waals surface area contributed by atoms with E-state index in [0.717, 1.165) is 36.7 Å². The van der Waals surface area contributed by atoms with E-state index in [1.165, 1.54) is 25.7 Å². The number of likely N-dealkylation sites (tertiary alicyclic amines) is 1. The summed E-state index contributed by atoms with van der Waals surface area (Å²) < 4.78 is 2.33. The average molecular weight is 436 g/mol. The van der Waals surface area contributed by atoms with Crippen LogP contribution in [0.2, 0.25) is 0 Å². The van der Waals surface area contributed by atoms with Gasteiger partial charge in [0.2, 0.25) is 11.8 Å². The molecule has 168 valence electrons. The molecule has 1 saturated heterocycles. The van der Waals surface area contributed by atoms with Crippen molar-refractivity contribution in [2.75, 3.05) is 25.9 Å². The van der Waals surface area contributed by atoms with Crippen LogP contribution in [0.25, 0.3) is 0 Å². The van der Waals surface area contributed by atoms with E-state index in [9.17, 15) is 9.59 Å². The molecular formula is C22H37N5O2S. The van der Waals surface area contributed by atoms with Crippen molar-refractivity contribution < 1.29 is 9.59 Å². The lowest BCUT2D eigenvalue weighted by Crippen LogP contribution is -2.46. The number of rotatable bonds is 7. The van der Waals surface area contributed by atoms with Crippen LogP contribution in [0.5, 0.6) is 0 Å². The Balaban J connectivity index is 1.42. The van der Waals surface area contributed by atoms with Crippen molar-refractivity contribution >= 4 is 23.6 Å². The summed E-state index contributed by atoms with van der Waals surface area (Å²) in [6.07, 6.45) is 10.3. The van der Waals surface area contributed by atoms with Crippen molar-refractivity contribution in [1.82, 2.24) is 25.0 Å². The summed E-state index contributed by atoms with van der Waals surface area (Å²) in [7, 11) is 0. The number of piperidine rings is 1. The minimum Gasteiger partial charge on any atom is -0.356 e. The average Bonchev–Trinajstić information content (AvgIpc) is 3.39. The van der Waals surface area contributed by atoms with E-state index in [1.807, 2.05) is 25.7 Å². The lowest BCUT2D eigenvalue weighted by Gasteiger charge is -2.35. The van der Waals surface area contributed by atoms with Crippen molar-refractivity contribution in [2.45, 2.75) is 83.3 Å². The first kappa shape index (κ1) is 23.1. The number of carbonyl (C=O) groups excluding carboxylic acids is 2. The van der Waals surface area contributed by atoms with E-state index in [-0.39, 0.29) is 23.1 Å². The fraction of sp³-hybridized carbons (Fsp3) is 0.818. The molecule has 0 unspecified atom stereocenters. The number of hydrogen-bond donors (Lipinski definition) is 1. The summed E-state index contributed by atoms with van der Waals surface area (Å²) in [5.74, 6) is 1.37. The van der Waals surface area contributed by atoms with Gasteiger partial charge >= 0.3 is 0 Å². The topological polar surface area (TPSA) is 80.1 Å². The van der Waals surface area contributed by atoms with Crippen LogP contribution in [0.3, 0.4) is 0 Å². The highest BCUT2D eigenvalue weighted by Gasteiger charge is 2.32. The molecule has 2 aliphatic rings. The molecule has 3 rings (SSSR count). The summed E-state index contributed by atoms with van der Waals surface area (Å²) in [6.45, 7) is 7.86. The van der Waals surface area contributed by atoms with Gasteiger partial charge < -0.3 is 14.8 Å². The maximum absolute atomic E-state index is 12.6. The van der Waals surface area contributed by atoms with Crippen LogP contribution < -0.4 is 5.32 Å². The number of amides is 2. The summed E-state index contributed by atoms with van der Waals surface area (Å²) in [5.41, 5.74) is -0.357. The lowest BCUT2D eigenvalue weighted by atomic mass is 9.90. The fourth-order valence-corrected chi connectivity index (χ4v) is 5.14. The normalized spacial score (nSPS) is 18.7. The Morgan fingerprint density at radius 3 is 2.37 bits per heavy atom. The van der Waals surface area contributed by atoms with Crippen LogP contribution in [-0.2, 0) is 16.0 Å². The van der Waals surface area contributed by atoms with Gasteiger partial charge in [-0.25, -0.2) is 0 Å². The molecule has 30 heavy (non-hydrogen) atoms.